The summed E-state index contributed by atoms with van der Waals surface area (Å²) in [6.45, 7) is 4.55. The summed E-state index contributed by atoms with van der Waals surface area (Å²) in [4.78, 5) is 4.31. The molecule has 0 amide bonds. The second kappa shape index (κ2) is 8.78. The van der Waals surface area contributed by atoms with E-state index in [4.69, 9.17) is 9.47 Å². The lowest BCUT2D eigenvalue weighted by Crippen LogP contribution is -2.47. The number of rotatable bonds is 4. The van der Waals surface area contributed by atoms with E-state index in [-0.39, 0.29) is 30.1 Å². The fourth-order valence-electron chi connectivity index (χ4n) is 3.30. The van der Waals surface area contributed by atoms with E-state index in [9.17, 15) is 0 Å². The first-order valence-corrected chi connectivity index (χ1v) is 8.52. The van der Waals surface area contributed by atoms with E-state index in [0.29, 0.717) is 18.6 Å². The molecule has 2 aliphatic rings. The lowest BCUT2D eigenvalue weighted by Gasteiger charge is -2.28. The highest BCUT2D eigenvalue weighted by atomic mass is 127. The number of halogens is 1. The number of ether oxygens (including phenoxy) is 2. The first-order valence-electron chi connectivity index (χ1n) is 8.52. The molecule has 1 aromatic carbocycles. The standard InChI is InChI=1S/C18H27N3O2.HI/c1-18(9-5-6-10-18)13-21-17(19-2)20-11-14-12-22-15-7-3-4-8-16(15)23-14;/h3-4,7-8,14H,5-6,9-13H2,1-2H3,(H2,19,20,21);1H. The molecule has 0 spiro atoms. The zero-order valence-electron chi connectivity index (χ0n) is 14.5. The Morgan fingerprint density at radius 1 is 1.21 bits per heavy atom. The van der Waals surface area contributed by atoms with Crippen molar-refractivity contribution in [2.24, 2.45) is 10.4 Å². The van der Waals surface area contributed by atoms with E-state index >= 15 is 0 Å². The molecular weight excluding hydrogens is 417 g/mol. The quantitative estimate of drug-likeness (QED) is 0.425. The minimum atomic E-state index is -0.00878. The molecule has 0 radical (unpaired) electrons. The van der Waals surface area contributed by atoms with Crippen molar-refractivity contribution in [3.05, 3.63) is 24.3 Å². The van der Waals surface area contributed by atoms with Crippen LogP contribution in [0.1, 0.15) is 32.6 Å². The number of nitrogens with zero attached hydrogens (tertiary/aromatic N) is 1. The topological polar surface area (TPSA) is 54.9 Å². The SMILES string of the molecule is CN=C(NCC1COc2ccccc2O1)NCC1(C)CCCC1.I. The second-order valence-electron chi connectivity index (χ2n) is 6.82. The van der Waals surface area contributed by atoms with Gasteiger partial charge in [0.05, 0.1) is 6.54 Å². The van der Waals surface area contributed by atoms with Crippen LogP contribution in [0.2, 0.25) is 0 Å². The molecule has 1 aromatic rings. The molecule has 3 rings (SSSR count). The predicted octanol–water partition coefficient (Wildman–Crippen LogP) is 3.19. The van der Waals surface area contributed by atoms with Crippen LogP contribution in [0.3, 0.4) is 0 Å². The fourth-order valence-corrected chi connectivity index (χ4v) is 3.30. The molecule has 2 N–H and O–H groups in total. The smallest absolute Gasteiger partial charge is 0.191 e. The maximum absolute atomic E-state index is 5.95. The maximum Gasteiger partial charge on any atom is 0.191 e. The van der Waals surface area contributed by atoms with E-state index in [1.165, 1.54) is 25.7 Å². The zero-order valence-corrected chi connectivity index (χ0v) is 16.8. The van der Waals surface area contributed by atoms with Gasteiger partial charge in [0.2, 0.25) is 0 Å². The van der Waals surface area contributed by atoms with Gasteiger partial charge in [-0.1, -0.05) is 31.9 Å². The van der Waals surface area contributed by atoms with Gasteiger partial charge in [0.25, 0.3) is 0 Å². The van der Waals surface area contributed by atoms with Crippen LogP contribution in [0.5, 0.6) is 11.5 Å². The third kappa shape index (κ3) is 4.91. The summed E-state index contributed by atoms with van der Waals surface area (Å²) in [5.41, 5.74) is 0.404. The van der Waals surface area contributed by atoms with Crippen molar-refractivity contribution in [1.29, 1.82) is 0 Å². The van der Waals surface area contributed by atoms with Crippen molar-refractivity contribution in [2.45, 2.75) is 38.7 Å². The molecule has 0 saturated heterocycles. The van der Waals surface area contributed by atoms with Crippen molar-refractivity contribution in [2.75, 3.05) is 26.7 Å². The molecule has 1 saturated carbocycles. The molecule has 1 fully saturated rings. The molecule has 1 aliphatic heterocycles. The molecule has 134 valence electrons. The summed E-state index contributed by atoms with van der Waals surface area (Å²) in [6.07, 6.45) is 5.28. The minimum Gasteiger partial charge on any atom is -0.486 e. The monoisotopic (exact) mass is 445 g/mol. The fraction of sp³-hybridized carbons (Fsp3) is 0.611. The number of nitrogens with one attached hydrogen (secondary N) is 2. The Balaban J connectivity index is 0.00000208. The normalized spacial score (nSPS) is 21.8. The van der Waals surface area contributed by atoms with Gasteiger partial charge in [-0.05, 0) is 30.4 Å². The van der Waals surface area contributed by atoms with Crippen LogP contribution in [-0.2, 0) is 0 Å². The van der Waals surface area contributed by atoms with Gasteiger partial charge in [-0.3, -0.25) is 4.99 Å². The summed E-state index contributed by atoms with van der Waals surface area (Å²) in [6, 6.07) is 7.79. The van der Waals surface area contributed by atoms with Crippen LogP contribution >= 0.6 is 24.0 Å². The minimum absolute atomic E-state index is 0. The molecule has 1 unspecified atom stereocenters. The Kier molecular flexibility index (Phi) is 7.01. The van der Waals surface area contributed by atoms with Crippen LogP contribution in [0.25, 0.3) is 0 Å². The van der Waals surface area contributed by atoms with Gasteiger partial charge in [-0.25, -0.2) is 0 Å². The predicted molar refractivity (Wildman–Crippen MR) is 108 cm³/mol. The van der Waals surface area contributed by atoms with Gasteiger partial charge >= 0.3 is 0 Å². The van der Waals surface area contributed by atoms with E-state index in [0.717, 1.165) is 24.0 Å². The van der Waals surface area contributed by atoms with Crippen LogP contribution < -0.4 is 20.1 Å². The third-order valence-corrected chi connectivity index (χ3v) is 4.78. The Hall–Kier alpha value is -1.18. The van der Waals surface area contributed by atoms with Gasteiger partial charge in [0, 0.05) is 13.6 Å². The first kappa shape index (κ1) is 19.1. The average Bonchev–Trinajstić information content (AvgIpc) is 3.02. The molecule has 6 heteroatoms. The van der Waals surface area contributed by atoms with Crippen LogP contribution in [0.4, 0.5) is 0 Å². The van der Waals surface area contributed by atoms with Crippen molar-refractivity contribution < 1.29 is 9.47 Å². The van der Waals surface area contributed by atoms with Crippen molar-refractivity contribution in [1.82, 2.24) is 10.6 Å². The number of hydrogen-bond acceptors (Lipinski definition) is 3. The molecule has 0 aromatic heterocycles. The van der Waals surface area contributed by atoms with E-state index in [1.54, 1.807) is 7.05 Å². The van der Waals surface area contributed by atoms with Crippen molar-refractivity contribution in [3.63, 3.8) is 0 Å². The second-order valence-corrected chi connectivity index (χ2v) is 6.82. The van der Waals surface area contributed by atoms with Crippen molar-refractivity contribution in [3.8, 4) is 11.5 Å². The van der Waals surface area contributed by atoms with Gasteiger partial charge in [-0.2, -0.15) is 0 Å². The van der Waals surface area contributed by atoms with E-state index in [2.05, 4.69) is 22.5 Å². The molecule has 24 heavy (non-hydrogen) atoms. The summed E-state index contributed by atoms with van der Waals surface area (Å²) in [7, 11) is 1.81. The number of hydrogen-bond donors (Lipinski definition) is 2. The van der Waals surface area contributed by atoms with Crippen molar-refractivity contribution >= 4 is 29.9 Å². The third-order valence-electron chi connectivity index (χ3n) is 4.78. The maximum atomic E-state index is 5.95. The summed E-state index contributed by atoms with van der Waals surface area (Å²) < 4.78 is 11.7. The molecule has 1 heterocycles. The van der Waals surface area contributed by atoms with Crippen LogP contribution in [0.15, 0.2) is 29.3 Å². The Morgan fingerprint density at radius 2 is 1.92 bits per heavy atom. The number of guanidine groups is 1. The number of fused-ring (bicyclic) bond motifs is 1. The Bertz CT molecular complexity index is 559. The van der Waals surface area contributed by atoms with E-state index in [1.807, 2.05) is 24.3 Å². The van der Waals surface area contributed by atoms with Gasteiger partial charge in [0.15, 0.2) is 17.5 Å². The number of benzene rings is 1. The molecule has 0 bridgehead atoms. The average molecular weight is 445 g/mol. The zero-order chi connectivity index (χ0) is 16.1. The molecular formula is C18H28IN3O2. The molecule has 5 nitrogen and oxygen atoms in total. The largest absolute Gasteiger partial charge is 0.486 e. The summed E-state index contributed by atoms with van der Waals surface area (Å²) >= 11 is 0. The Morgan fingerprint density at radius 3 is 2.62 bits per heavy atom. The lowest BCUT2D eigenvalue weighted by atomic mass is 9.89. The highest BCUT2D eigenvalue weighted by molar-refractivity contribution is 14.0. The molecule has 1 atom stereocenters. The summed E-state index contributed by atoms with van der Waals surface area (Å²) in [5, 5.41) is 6.80. The highest BCUT2D eigenvalue weighted by Crippen LogP contribution is 2.36. The Labute approximate surface area is 161 Å². The lowest BCUT2D eigenvalue weighted by molar-refractivity contribution is 0.0935. The summed E-state index contributed by atoms with van der Waals surface area (Å²) in [5.74, 6) is 2.47. The van der Waals surface area contributed by atoms with Crippen LogP contribution in [0, 0.1) is 5.41 Å². The number of aliphatic imine (C=N–C) groups is 1. The molecule has 1 aliphatic carbocycles. The van der Waals surface area contributed by atoms with E-state index < -0.39 is 0 Å². The van der Waals surface area contributed by atoms with Gasteiger partial charge in [-0.15, -0.1) is 24.0 Å². The van der Waals surface area contributed by atoms with Gasteiger partial charge < -0.3 is 20.1 Å². The van der Waals surface area contributed by atoms with Crippen LogP contribution in [-0.4, -0.2) is 38.8 Å². The van der Waals surface area contributed by atoms with Gasteiger partial charge in [0.1, 0.15) is 12.7 Å². The number of para-hydroxylation sites is 2. The first-order chi connectivity index (χ1) is 11.2. The highest BCUT2D eigenvalue weighted by Gasteiger charge is 2.28.